The van der Waals surface area contributed by atoms with Gasteiger partial charge < -0.3 is 9.64 Å². The second kappa shape index (κ2) is 7.96. The summed E-state index contributed by atoms with van der Waals surface area (Å²) in [5, 5.41) is 11.7. The number of hydrogen-bond donors (Lipinski definition) is 0. The molecule has 0 spiro atoms. The van der Waals surface area contributed by atoms with Crippen LogP contribution in [-0.4, -0.2) is 39.8 Å². The number of methoxy groups -OCH3 is 1. The summed E-state index contributed by atoms with van der Waals surface area (Å²) in [6, 6.07) is 12.2. The van der Waals surface area contributed by atoms with Gasteiger partial charge in [-0.05, 0) is 42.3 Å². The Morgan fingerprint density at radius 1 is 1.28 bits per heavy atom. The van der Waals surface area contributed by atoms with Gasteiger partial charge in [0.2, 0.25) is 5.91 Å². The molecule has 1 aliphatic heterocycles. The Balaban J connectivity index is 1.45. The van der Waals surface area contributed by atoms with Crippen LogP contribution in [-0.2, 0) is 11.2 Å². The predicted octanol–water partition coefficient (Wildman–Crippen LogP) is 3.47. The molecule has 1 aliphatic rings. The summed E-state index contributed by atoms with van der Waals surface area (Å²) in [4.78, 5) is 29.3. The number of imidazole rings is 1. The monoisotopic (exact) mass is 410 g/mol. The molecule has 0 fully saturated rings. The number of carbonyl (C=O) groups is 1. The molecular weight excluding hydrogens is 392 g/mol. The van der Waals surface area contributed by atoms with E-state index in [2.05, 4.69) is 4.98 Å². The second-order valence-electron chi connectivity index (χ2n) is 6.43. The first-order chi connectivity index (χ1) is 14.1. The topological polar surface area (TPSA) is 90.5 Å². The number of thioether (sulfide) groups is 1. The van der Waals surface area contributed by atoms with Gasteiger partial charge in [0.15, 0.2) is 5.16 Å². The third kappa shape index (κ3) is 3.81. The van der Waals surface area contributed by atoms with Crippen LogP contribution in [0.4, 0.5) is 11.4 Å². The number of nitro groups is 1. The molecule has 0 saturated carbocycles. The van der Waals surface area contributed by atoms with E-state index in [9.17, 15) is 14.9 Å². The van der Waals surface area contributed by atoms with Crippen molar-refractivity contribution >= 4 is 29.0 Å². The summed E-state index contributed by atoms with van der Waals surface area (Å²) in [6.07, 6.45) is 4.16. The molecular formula is C20H18N4O4S. The number of fused-ring (bicyclic) bond motifs is 1. The van der Waals surface area contributed by atoms with Crippen LogP contribution in [0.25, 0.3) is 5.69 Å². The van der Waals surface area contributed by atoms with Crippen LogP contribution in [0.15, 0.2) is 60.0 Å². The molecule has 0 atom stereocenters. The van der Waals surface area contributed by atoms with E-state index >= 15 is 0 Å². The molecule has 0 saturated heterocycles. The number of rotatable bonds is 6. The van der Waals surface area contributed by atoms with Gasteiger partial charge >= 0.3 is 0 Å². The van der Waals surface area contributed by atoms with Crippen molar-refractivity contribution in [2.24, 2.45) is 0 Å². The molecule has 1 aromatic heterocycles. The van der Waals surface area contributed by atoms with Crippen molar-refractivity contribution in [1.82, 2.24) is 9.55 Å². The Kier molecular flexibility index (Phi) is 5.22. The number of anilines is 1. The summed E-state index contributed by atoms with van der Waals surface area (Å²) in [5.74, 6) is 0.946. The van der Waals surface area contributed by atoms with E-state index in [4.69, 9.17) is 4.74 Å². The minimum absolute atomic E-state index is 0.0492. The van der Waals surface area contributed by atoms with Crippen molar-refractivity contribution in [3.8, 4) is 11.4 Å². The van der Waals surface area contributed by atoms with Crippen molar-refractivity contribution in [2.75, 3.05) is 24.3 Å². The zero-order valence-corrected chi connectivity index (χ0v) is 16.5. The highest BCUT2D eigenvalue weighted by Gasteiger charge is 2.26. The van der Waals surface area contributed by atoms with E-state index in [1.54, 1.807) is 30.3 Å². The SMILES string of the molecule is COc1ccc(-n2ccnc2SCC(=O)N2CCc3cc([N+](=O)[O-])ccc32)cc1. The maximum Gasteiger partial charge on any atom is 0.269 e. The molecule has 0 bridgehead atoms. The first kappa shape index (κ1) is 19.0. The van der Waals surface area contributed by atoms with E-state index in [1.807, 2.05) is 35.0 Å². The lowest BCUT2D eigenvalue weighted by Gasteiger charge is -2.17. The Morgan fingerprint density at radius 2 is 2.07 bits per heavy atom. The van der Waals surface area contributed by atoms with Crippen LogP contribution in [0, 0.1) is 10.1 Å². The van der Waals surface area contributed by atoms with E-state index in [0.29, 0.717) is 18.1 Å². The summed E-state index contributed by atoms with van der Waals surface area (Å²) in [6.45, 7) is 0.531. The van der Waals surface area contributed by atoms with Crippen LogP contribution >= 0.6 is 11.8 Å². The summed E-state index contributed by atoms with van der Waals surface area (Å²) in [5.41, 5.74) is 2.56. The number of nitro benzene ring substituents is 1. The number of benzene rings is 2. The highest BCUT2D eigenvalue weighted by atomic mass is 32.2. The lowest BCUT2D eigenvalue weighted by molar-refractivity contribution is -0.384. The van der Waals surface area contributed by atoms with Gasteiger partial charge in [0.05, 0.1) is 17.8 Å². The van der Waals surface area contributed by atoms with E-state index in [0.717, 1.165) is 22.7 Å². The number of nitrogens with zero attached hydrogens (tertiary/aromatic N) is 4. The third-order valence-corrected chi connectivity index (χ3v) is 5.70. The Hall–Kier alpha value is -3.33. The zero-order chi connectivity index (χ0) is 20.4. The molecule has 9 heteroatoms. The van der Waals surface area contributed by atoms with Crippen molar-refractivity contribution in [1.29, 1.82) is 0 Å². The largest absolute Gasteiger partial charge is 0.497 e. The van der Waals surface area contributed by atoms with Crippen LogP contribution in [0.3, 0.4) is 0 Å². The van der Waals surface area contributed by atoms with Gasteiger partial charge in [-0.15, -0.1) is 0 Å². The lowest BCUT2D eigenvalue weighted by Crippen LogP contribution is -2.30. The van der Waals surface area contributed by atoms with E-state index in [-0.39, 0.29) is 17.3 Å². The Bertz CT molecular complexity index is 1060. The highest BCUT2D eigenvalue weighted by Crippen LogP contribution is 2.32. The molecule has 8 nitrogen and oxygen atoms in total. The molecule has 0 N–H and O–H groups in total. The smallest absolute Gasteiger partial charge is 0.269 e. The Labute approximate surface area is 171 Å². The summed E-state index contributed by atoms with van der Waals surface area (Å²) >= 11 is 1.36. The second-order valence-corrected chi connectivity index (χ2v) is 7.37. The number of carbonyl (C=O) groups excluding carboxylic acids is 1. The third-order valence-electron chi connectivity index (χ3n) is 4.75. The normalized spacial score (nSPS) is 12.7. The van der Waals surface area contributed by atoms with Gasteiger partial charge in [-0.1, -0.05) is 11.8 Å². The van der Waals surface area contributed by atoms with Crippen molar-refractivity contribution in [2.45, 2.75) is 11.6 Å². The molecule has 2 heterocycles. The maximum atomic E-state index is 12.8. The van der Waals surface area contributed by atoms with Crippen molar-refractivity contribution in [3.63, 3.8) is 0 Å². The molecule has 1 amide bonds. The van der Waals surface area contributed by atoms with Crippen LogP contribution < -0.4 is 9.64 Å². The first-order valence-electron chi connectivity index (χ1n) is 8.95. The number of amides is 1. The number of ether oxygens (including phenoxy) is 1. The van der Waals surface area contributed by atoms with Gasteiger partial charge in [-0.25, -0.2) is 4.98 Å². The average molecular weight is 410 g/mol. The minimum atomic E-state index is -0.417. The van der Waals surface area contributed by atoms with Crippen molar-refractivity contribution < 1.29 is 14.5 Å². The van der Waals surface area contributed by atoms with Gasteiger partial charge in [-0.2, -0.15) is 0 Å². The highest BCUT2D eigenvalue weighted by molar-refractivity contribution is 7.99. The van der Waals surface area contributed by atoms with E-state index in [1.165, 1.54) is 17.8 Å². The fraction of sp³-hybridized carbons (Fsp3) is 0.200. The first-order valence-corrected chi connectivity index (χ1v) is 9.93. The number of hydrogen-bond acceptors (Lipinski definition) is 6. The van der Waals surface area contributed by atoms with Gasteiger partial charge in [0, 0.05) is 42.4 Å². The number of aromatic nitrogens is 2. The molecule has 29 heavy (non-hydrogen) atoms. The predicted molar refractivity (Wildman–Crippen MR) is 110 cm³/mol. The van der Waals surface area contributed by atoms with Crippen LogP contribution in [0.1, 0.15) is 5.56 Å². The molecule has 148 valence electrons. The number of non-ortho nitro benzene ring substituents is 1. The van der Waals surface area contributed by atoms with Crippen LogP contribution in [0.5, 0.6) is 5.75 Å². The molecule has 3 aromatic rings. The summed E-state index contributed by atoms with van der Waals surface area (Å²) in [7, 11) is 1.62. The van der Waals surface area contributed by atoms with Gasteiger partial charge in [-0.3, -0.25) is 19.5 Å². The van der Waals surface area contributed by atoms with E-state index < -0.39 is 4.92 Å². The van der Waals surface area contributed by atoms with Gasteiger partial charge in [0.1, 0.15) is 5.75 Å². The fourth-order valence-corrected chi connectivity index (χ4v) is 4.15. The van der Waals surface area contributed by atoms with Crippen LogP contribution in [0.2, 0.25) is 0 Å². The fourth-order valence-electron chi connectivity index (χ4n) is 3.30. The maximum absolute atomic E-state index is 12.8. The lowest BCUT2D eigenvalue weighted by atomic mass is 10.1. The quantitative estimate of drug-likeness (QED) is 0.351. The molecule has 0 unspecified atom stereocenters. The molecule has 0 radical (unpaired) electrons. The standard InChI is InChI=1S/C20H18N4O4S/c1-28-17-5-2-15(3-6-17)22-11-9-21-20(22)29-13-19(25)23-10-8-14-12-16(24(26)27)4-7-18(14)23/h2-7,9,11-12H,8,10,13H2,1H3. The molecule has 0 aliphatic carbocycles. The molecule has 4 rings (SSSR count). The average Bonchev–Trinajstić information content (AvgIpc) is 3.38. The van der Waals surface area contributed by atoms with Gasteiger partial charge in [0.25, 0.3) is 5.69 Å². The van der Waals surface area contributed by atoms with Crippen molar-refractivity contribution in [3.05, 3.63) is 70.5 Å². The Morgan fingerprint density at radius 3 is 2.79 bits per heavy atom. The zero-order valence-electron chi connectivity index (χ0n) is 15.6. The molecule has 2 aromatic carbocycles. The minimum Gasteiger partial charge on any atom is -0.497 e. The summed E-state index contributed by atoms with van der Waals surface area (Å²) < 4.78 is 7.10.